The Balaban J connectivity index is 2.32. The lowest BCUT2D eigenvalue weighted by molar-refractivity contribution is -0.146. The summed E-state index contributed by atoms with van der Waals surface area (Å²) in [5.41, 5.74) is 4.74. The average Bonchev–Trinajstić information content (AvgIpc) is 2.72. The normalized spacial score (nSPS) is 23.1. The van der Waals surface area contributed by atoms with Crippen LogP contribution in [0.25, 0.3) is 0 Å². The van der Waals surface area contributed by atoms with Gasteiger partial charge in [-0.15, -0.1) is 0 Å². The van der Waals surface area contributed by atoms with Gasteiger partial charge < -0.3 is 20.9 Å². The number of hydrogen-bond acceptors (Lipinski definition) is 4. The summed E-state index contributed by atoms with van der Waals surface area (Å²) in [5.74, 6) is -2.33. The van der Waals surface area contributed by atoms with Crippen molar-refractivity contribution < 1.29 is 24.2 Å². The largest absolute Gasteiger partial charge is 0.481 e. The maximum Gasteiger partial charge on any atom is 0.404 e. The predicted octanol–water partition coefficient (Wildman–Crippen LogP) is -0.301. The molecule has 0 aromatic rings. The van der Waals surface area contributed by atoms with Crippen LogP contribution < -0.4 is 11.1 Å². The SMILES string of the molecule is NC(=O)OCCNC(=O)C1CCCC1C(=O)O. The highest BCUT2D eigenvalue weighted by molar-refractivity contribution is 5.85. The van der Waals surface area contributed by atoms with E-state index in [1.54, 1.807) is 0 Å². The Labute approximate surface area is 98.3 Å². The van der Waals surface area contributed by atoms with Crippen LogP contribution >= 0.6 is 0 Å². The molecule has 17 heavy (non-hydrogen) atoms. The fourth-order valence-corrected chi connectivity index (χ4v) is 2.03. The van der Waals surface area contributed by atoms with E-state index in [4.69, 9.17) is 10.8 Å². The first kappa shape index (κ1) is 13.3. The molecule has 1 aliphatic carbocycles. The molecular formula is C10H16N2O5. The summed E-state index contributed by atoms with van der Waals surface area (Å²) in [4.78, 5) is 32.8. The van der Waals surface area contributed by atoms with Gasteiger partial charge in [0.2, 0.25) is 5.91 Å². The van der Waals surface area contributed by atoms with Crippen molar-refractivity contribution in [2.24, 2.45) is 17.6 Å². The number of carboxylic acid groups (broad SMARTS) is 1. The van der Waals surface area contributed by atoms with Crippen molar-refractivity contribution >= 4 is 18.0 Å². The molecule has 0 saturated heterocycles. The van der Waals surface area contributed by atoms with Crippen LogP contribution in [-0.2, 0) is 14.3 Å². The third-order valence-corrected chi connectivity index (χ3v) is 2.82. The van der Waals surface area contributed by atoms with E-state index >= 15 is 0 Å². The molecule has 0 aromatic carbocycles. The standard InChI is InChI=1S/C10H16N2O5/c11-10(16)17-5-4-12-8(13)6-2-1-3-7(6)9(14)15/h6-7H,1-5H2,(H2,11,16)(H,12,13)(H,14,15). The summed E-state index contributed by atoms with van der Waals surface area (Å²) in [5, 5.41) is 11.4. The number of hydrogen-bond donors (Lipinski definition) is 3. The smallest absolute Gasteiger partial charge is 0.404 e. The molecule has 2 atom stereocenters. The molecule has 7 nitrogen and oxygen atoms in total. The molecule has 1 rings (SSSR count). The Morgan fingerprint density at radius 1 is 1.29 bits per heavy atom. The molecule has 2 amide bonds. The van der Waals surface area contributed by atoms with E-state index in [9.17, 15) is 14.4 Å². The number of amides is 2. The van der Waals surface area contributed by atoms with Crippen LogP contribution in [0, 0.1) is 11.8 Å². The number of nitrogens with one attached hydrogen (secondary N) is 1. The minimum Gasteiger partial charge on any atom is -0.481 e. The molecule has 1 fully saturated rings. The summed E-state index contributed by atoms with van der Waals surface area (Å²) in [7, 11) is 0. The summed E-state index contributed by atoms with van der Waals surface area (Å²) in [6.45, 7) is 0.135. The molecule has 0 spiro atoms. The molecule has 0 aliphatic heterocycles. The van der Waals surface area contributed by atoms with Crippen LogP contribution in [0.5, 0.6) is 0 Å². The van der Waals surface area contributed by atoms with Gasteiger partial charge in [-0.3, -0.25) is 9.59 Å². The van der Waals surface area contributed by atoms with Crippen LogP contribution in [-0.4, -0.2) is 36.2 Å². The van der Waals surface area contributed by atoms with Crippen molar-refractivity contribution in [1.82, 2.24) is 5.32 Å². The minimum absolute atomic E-state index is 0.00840. The first-order valence-electron chi connectivity index (χ1n) is 5.45. The Morgan fingerprint density at radius 3 is 2.53 bits per heavy atom. The molecule has 0 heterocycles. The fourth-order valence-electron chi connectivity index (χ4n) is 2.03. The summed E-state index contributed by atoms with van der Waals surface area (Å²) < 4.78 is 4.44. The molecule has 4 N–H and O–H groups in total. The second-order valence-corrected chi connectivity index (χ2v) is 3.94. The van der Waals surface area contributed by atoms with Gasteiger partial charge in [0.05, 0.1) is 18.4 Å². The number of primary amides is 1. The Hall–Kier alpha value is -1.79. The lowest BCUT2D eigenvalue weighted by Crippen LogP contribution is -2.37. The van der Waals surface area contributed by atoms with E-state index in [1.807, 2.05) is 0 Å². The van der Waals surface area contributed by atoms with Crippen LogP contribution in [0.2, 0.25) is 0 Å². The van der Waals surface area contributed by atoms with Crippen LogP contribution in [0.4, 0.5) is 4.79 Å². The van der Waals surface area contributed by atoms with Crippen LogP contribution in [0.1, 0.15) is 19.3 Å². The quantitative estimate of drug-likeness (QED) is 0.573. The first-order valence-corrected chi connectivity index (χ1v) is 5.45. The number of carbonyl (C=O) groups excluding carboxylic acids is 2. The van der Waals surface area contributed by atoms with Gasteiger partial charge in [-0.2, -0.15) is 0 Å². The number of carbonyl (C=O) groups is 3. The van der Waals surface area contributed by atoms with Gasteiger partial charge in [-0.05, 0) is 12.8 Å². The zero-order valence-electron chi connectivity index (χ0n) is 9.35. The maximum atomic E-state index is 11.7. The van der Waals surface area contributed by atoms with Crippen LogP contribution in [0.3, 0.4) is 0 Å². The number of carboxylic acids is 1. The molecular weight excluding hydrogens is 228 g/mol. The lowest BCUT2D eigenvalue weighted by atomic mass is 9.95. The molecule has 2 unspecified atom stereocenters. The van der Waals surface area contributed by atoms with E-state index in [2.05, 4.69) is 10.1 Å². The topological polar surface area (TPSA) is 119 Å². The van der Waals surface area contributed by atoms with Gasteiger partial charge in [0.1, 0.15) is 6.61 Å². The Kier molecular flexibility index (Phi) is 4.74. The van der Waals surface area contributed by atoms with Crippen LogP contribution in [0.15, 0.2) is 0 Å². The Morgan fingerprint density at radius 2 is 1.94 bits per heavy atom. The molecule has 96 valence electrons. The average molecular weight is 244 g/mol. The van der Waals surface area contributed by atoms with E-state index in [1.165, 1.54) is 0 Å². The molecule has 1 saturated carbocycles. The molecule has 0 aromatic heterocycles. The lowest BCUT2D eigenvalue weighted by Gasteiger charge is -2.15. The van der Waals surface area contributed by atoms with Gasteiger partial charge in [0.25, 0.3) is 0 Å². The van der Waals surface area contributed by atoms with Gasteiger partial charge >= 0.3 is 12.1 Å². The van der Waals surface area contributed by atoms with Crippen molar-refractivity contribution in [3.8, 4) is 0 Å². The number of ether oxygens (including phenoxy) is 1. The van der Waals surface area contributed by atoms with Crippen molar-refractivity contribution in [2.75, 3.05) is 13.2 Å². The fraction of sp³-hybridized carbons (Fsp3) is 0.700. The van der Waals surface area contributed by atoms with Crippen molar-refractivity contribution in [3.05, 3.63) is 0 Å². The second kappa shape index (κ2) is 6.07. The third-order valence-electron chi connectivity index (χ3n) is 2.82. The monoisotopic (exact) mass is 244 g/mol. The van der Waals surface area contributed by atoms with E-state index < -0.39 is 23.9 Å². The highest BCUT2D eigenvalue weighted by Crippen LogP contribution is 2.31. The third kappa shape index (κ3) is 3.93. The van der Waals surface area contributed by atoms with Gasteiger partial charge in [0, 0.05) is 0 Å². The summed E-state index contributed by atoms with van der Waals surface area (Å²) >= 11 is 0. The Bertz CT molecular complexity index is 318. The highest BCUT2D eigenvalue weighted by Gasteiger charge is 2.37. The maximum absolute atomic E-state index is 11.7. The zero-order chi connectivity index (χ0) is 12.8. The summed E-state index contributed by atoms with van der Waals surface area (Å²) in [6.07, 6.45) is 0.959. The molecule has 0 radical (unpaired) electrons. The zero-order valence-corrected chi connectivity index (χ0v) is 9.35. The summed E-state index contributed by atoms with van der Waals surface area (Å²) in [6, 6.07) is 0. The minimum atomic E-state index is -0.934. The van der Waals surface area contributed by atoms with E-state index in [0.717, 1.165) is 6.42 Å². The van der Waals surface area contributed by atoms with E-state index in [0.29, 0.717) is 12.8 Å². The predicted molar refractivity (Wildman–Crippen MR) is 57.0 cm³/mol. The molecule has 0 bridgehead atoms. The van der Waals surface area contributed by atoms with Crippen molar-refractivity contribution in [1.29, 1.82) is 0 Å². The van der Waals surface area contributed by atoms with Gasteiger partial charge in [-0.1, -0.05) is 6.42 Å². The number of nitrogens with two attached hydrogens (primary N) is 1. The highest BCUT2D eigenvalue weighted by atomic mass is 16.5. The van der Waals surface area contributed by atoms with E-state index in [-0.39, 0.29) is 19.1 Å². The number of rotatable bonds is 5. The first-order chi connectivity index (χ1) is 8.02. The molecule has 7 heteroatoms. The molecule has 1 aliphatic rings. The van der Waals surface area contributed by atoms with Gasteiger partial charge in [-0.25, -0.2) is 4.79 Å². The van der Waals surface area contributed by atoms with Crippen molar-refractivity contribution in [3.63, 3.8) is 0 Å². The number of aliphatic carboxylic acids is 1. The second-order valence-electron chi connectivity index (χ2n) is 3.94. The van der Waals surface area contributed by atoms with Gasteiger partial charge in [0.15, 0.2) is 0 Å². The van der Waals surface area contributed by atoms with Crippen molar-refractivity contribution in [2.45, 2.75) is 19.3 Å².